The maximum Gasteiger partial charge on any atom is 0.707 e. The Labute approximate surface area is 126 Å². The van der Waals surface area contributed by atoms with Gasteiger partial charge in [-0.05, 0) is 24.3 Å². The molecule has 2 heterocycles. The Hall–Kier alpha value is -2.36. The van der Waals surface area contributed by atoms with Crippen molar-refractivity contribution in [3.63, 3.8) is 0 Å². The van der Waals surface area contributed by atoms with Gasteiger partial charge in [-0.2, -0.15) is 0 Å². The summed E-state index contributed by atoms with van der Waals surface area (Å²) in [6.07, 6.45) is 2.61. The molecule has 0 bridgehead atoms. The molecule has 0 aliphatic carbocycles. The van der Waals surface area contributed by atoms with Gasteiger partial charge in [0, 0.05) is 6.20 Å². The van der Waals surface area contributed by atoms with Crippen molar-refractivity contribution in [3.8, 4) is 5.75 Å². The van der Waals surface area contributed by atoms with Crippen molar-refractivity contribution in [3.05, 3.63) is 54.9 Å². The number of benzene rings is 1. The van der Waals surface area contributed by atoms with Crippen LogP contribution in [-0.2, 0) is 10.0 Å². The number of rotatable bonds is 4. The first kappa shape index (κ1) is 14.6. The molecule has 112 valence electrons. The number of fused-ring (bicyclic) bond motifs is 1. The lowest BCUT2D eigenvalue weighted by Crippen LogP contribution is -2.20. The van der Waals surface area contributed by atoms with E-state index in [2.05, 4.69) is 4.98 Å². The zero-order valence-electron chi connectivity index (χ0n) is 11.2. The van der Waals surface area contributed by atoms with Gasteiger partial charge in [-0.15, -0.1) is 0 Å². The van der Waals surface area contributed by atoms with Gasteiger partial charge >= 0.3 is 7.32 Å². The predicted molar refractivity (Wildman–Crippen MR) is 79.6 cm³/mol. The van der Waals surface area contributed by atoms with Crippen LogP contribution < -0.4 is 4.65 Å². The minimum atomic E-state index is -3.87. The quantitative estimate of drug-likeness (QED) is 0.684. The number of nitrogens with zero attached hydrogens (tertiary/aromatic N) is 2. The van der Waals surface area contributed by atoms with Gasteiger partial charge in [-0.3, -0.25) is 0 Å². The number of aromatic nitrogens is 2. The van der Waals surface area contributed by atoms with Crippen molar-refractivity contribution in [1.82, 2.24) is 8.96 Å². The first-order valence-corrected chi connectivity index (χ1v) is 7.73. The summed E-state index contributed by atoms with van der Waals surface area (Å²) in [6, 6.07) is 11.0. The molecule has 9 heteroatoms. The van der Waals surface area contributed by atoms with Crippen LogP contribution in [0.15, 0.2) is 59.8 Å². The van der Waals surface area contributed by atoms with Gasteiger partial charge in [0.2, 0.25) is 0 Å². The summed E-state index contributed by atoms with van der Waals surface area (Å²) in [5, 5.41) is 18.3. The predicted octanol–water partition coefficient (Wildman–Crippen LogP) is 0.622. The van der Waals surface area contributed by atoms with Gasteiger partial charge in [0.25, 0.3) is 10.0 Å². The van der Waals surface area contributed by atoms with Crippen LogP contribution in [0.3, 0.4) is 0 Å². The van der Waals surface area contributed by atoms with Gasteiger partial charge in [-0.25, -0.2) is 17.4 Å². The highest BCUT2D eigenvalue weighted by Crippen LogP contribution is 2.29. The zero-order valence-corrected chi connectivity index (χ0v) is 12.0. The average molecular weight is 318 g/mol. The van der Waals surface area contributed by atoms with Crippen molar-refractivity contribution < 1.29 is 23.1 Å². The van der Waals surface area contributed by atoms with Crippen molar-refractivity contribution in [2.24, 2.45) is 0 Å². The molecular weight excluding hydrogens is 307 g/mol. The molecule has 2 N–H and O–H groups in total. The Morgan fingerprint density at radius 1 is 1.09 bits per heavy atom. The summed E-state index contributed by atoms with van der Waals surface area (Å²) < 4.78 is 31.2. The molecule has 0 saturated heterocycles. The number of pyridine rings is 1. The van der Waals surface area contributed by atoms with Gasteiger partial charge < -0.3 is 14.7 Å². The zero-order chi connectivity index (χ0) is 15.7. The molecule has 7 nitrogen and oxygen atoms in total. The van der Waals surface area contributed by atoms with Crippen LogP contribution in [-0.4, -0.2) is 34.7 Å². The molecule has 0 fully saturated rings. The normalized spacial score (nSPS) is 11.5. The molecule has 0 radical (unpaired) electrons. The lowest BCUT2D eigenvalue weighted by atomic mass is 10.2. The van der Waals surface area contributed by atoms with Crippen molar-refractivity contribution in [2.45, 2.75) is 4.90 Å². The second kappa shape index (κ2) is 5.45. The van der Waals surface area contributed by atoms with Gasteiger partial charge in [0.1, 0.15) is 5.75 Å². The second-order valence-electron chi connectivity index (χ2n) is 4.43. The third-order valence-electron chi connectivity index (χ3n) is 3.03. The van der Waals surface area contributed by atoms with Crippen LogP contribution in [0.1, 0.15) is 0 Å². The average Bonchev–Trinajstić information content (AvgIpc) is 2.87. The lowest BCUT2D eigenvalue weighted by molar-refractivity contribution is 0.289. The third kappa shape index (κ3) is 2.45. The number of hydrogen-bond acceptors (Lipinski definition) is 6. The monoisotopic (exact) mass is 318 g/mol. The SMILES string of the molecule is O=S(=O)(c1ccccc1)n1cc(OB(O)O)c2cccnc21. The van der Waals surface area contributed by atoms with E-state index in [1.165, 1.54) is 24.5 Å². The van der Waals surface area contributed by atoms with Crippen LogP contribution in [0, 0.1) is 0 Å². The summed E-state index contributed by atoms with van der Waals surface area (Å²) in [7, 11) is -5.93. The minimum absolute atomic E-state index is 0.0117. The number of hydrogen-bond donors (Lipinski definition) is 2. The maximum absolute atomic E-state index is 12.7. The third-order valence-corrected chi connectivity index (χ3v) is 4.69. The van der Waals surface area contributed by atoms with E-state index in [0.717, 1.165) is 3.97 Å². The summed E-state index contributed by atoms with van der Waals surface area (Å²) in [5.74, 6) is 0.0117. The van der Waals surface area contributed by atoms with E-state index in [-0.39, 0.29) is 16.3 Å². The van der Waals surface area contributed by atoms with E-state index in [1.807, 2.05) is 0 Å². The standard InChI is InChI=1S/C13H11BN2O5S/c17-14(18)21-12-9-16(13-11(12)7-4-8-15-13)22(19,20)10-5-2-1-3-6-10/h1-9,17-18H. The highest BCUT2D eigenvalue weighted by atomic mass is 32.2. The van der Waals surface area contributed by atoms with Crippen LogP contribution in [0.4, 0.5) is 0 Å². The summed E-state index contributed by atoms with van der Waals surface area (Å²) in [6.45, 7) is 0. The van der Waals surface area contributed by atoms with Gasteiger partial charge in [-0.1, -0.05) is 18.2 Å². The fourth-order valence-corrected chi connectivity index (χ4v) is 3.43. The van der Waals surface area contributed by atoms with Crippen molar-refractivity contribution in [2.75, 3.05) is 0 Å². The highest BCUT2D eigenvalue weighted by Gasteiger charge is 2.24. The Morgan fingerprint density at radius 2 is 1.82 bits per heavy atom. The topological polar surface area (TPSA) is 102 Å². The van der Waals surface area contributed by atoms with E-state index in [9.17, 15) is 8.42 Å². The summed E-state index contributed by atoms with van der Waals surface area (Å²) in [4.78, 5) is 4.13. The molecule has 3 rings (SSSR count). The van der Waals surface area contributed by atoms with Crippen LogP contribution in [0.25, 0.3) is 11.0 Å². The molecule has 0 unspecified atom stereocenters. The van der Waals surface area contributed by atoms with Gasteiger partial charge in [0.05, 0.1) is 16.5 Å². The largest absolute Gasteiger partial charge is 0.707 e. The molecule has 0 aliphatic rings. The van der Waals surface area contributed by atoms with Crippen LogP contribution >= 0.6 is 0 Å². The first-order chi connectivity index (χ1) is 10.5. The van der Waals surface area contributed by atoms with E-state index >= 15 is 0 Å². The van der Waals surface area contributed by atoms with Crippen molar-refractivity contribution >= 4 is 28.4 Å². The van der Waals surface area contributed by atoms with E-state index < -0.39 is 17.3 Å². The minimum Gasteiger partial charge on any atom is -0.510 e. The molecular formula is C13H11BN2O5S. The van der Waals surface area contributed by atoms with E-state index in [0.29, 0.717) is 5.39 Å². The fourth-order valence-electron chi connectivity index (χ4n) is 2.10. The van der Waals surface area contributed by atoms with E-state index in [1.54, 1.807) is 30.3 Å². The molecule has 0 spiro atoms. The Bertz CT molecular complexity index is 909. The molecule has 0 aliphatic heterocycles. The highest BCUT2D eigenvalue weighted by molar-refractivity contribution is 7.90. The molecule has 3 aromatic rings. The Morgan fingerprint density at radius 3 is 2.50 bits per heavy atom. The molecule has 2 aromatic heterocycles. The van der Waals surface area contributed by atoms with Gasteiger partial charge in [0.15, 0.2) is 5.65 Å². The molecule has 0 saturated carbocycles. The lowest BCUT2D eigenvalue weighted by Gasteiger charge is -2.06. The van der Waals surface area contributed by atoms with Crippen LogP contribution in [0.5, 0.6) is 5.75 Å². The summed E-state index contributed by atoms with van der Waals surface area (Å²) in [5.41, 5.74) is 0.141. The second-order valence-corrected chi connectivity index (χ2v) is 6.24. The Balaban J connectivity index is 2.23. The molecule has 22 heavy (non-hydrogen) atoms. The van der Waals surface area contributed by atoms with Crippen LogP contribution in [0.2, 0.25) is 0 Å². The first-order valence-electron chi connectivity index (χ1n) is 6.29. The van der Waals surface area contributed by atoms with Crippen molar-refractivity contribution in [1.29, 1.82) is 0 Å². The molecule has 1 aromatic carbocycles. The summed E-state index contributed by atoms with van der Waals surface area (Å²) >= 11 is 0. The molecule has 0 atom stereocenters. The molecule has 0 amide bonds. The Kier molecular flexibility index (Phi) is 3.61. The smallest absolute Gasteiger partial charge is 0.510 e. The maximum atomic E-state index is 12.7. The van der Waals surface area contributed by atoms with E-state index in [4.69, 9.17) is 14.7 Å². The fraction of sp³-hybridized carbons (Fsp3) is 0.